The second kappa shape index (κ2) is 40.0. The number of para-hydroxylation sites is 3. The molecule has 0 aliphatic heterocycles. The van der Waals surface area contributed by atoms with Gasteiger partial charge in [0.15, 0.2) is 0 Å². The minimum atomic E-state index is -2.33. The number of allylic oxidation sites excluding steroid dienone is 4. The van der Waals surface area contributed by atoms with Gasteiger partial charge >= 0.3 is 146 Å². The molecule has 0 atom stereocenters. The summed E-state index contributed by atoms with van der Waals surface area (Å²) in [4.78, 5) is 34.6. The van der Waals surface area contributed by atoms with E-state index in [1.165, 1.54) is 25.8 Å². The Morgan fingerprint density at radius 1 is 0.339 bits per heavy atom. The van der Waals surface area contributed by atoms with Gasteiger partial charge in [-0.25, -0.2) is 9.97 Å². The number of anilines is 9. The Hall–Kier alpha value is -13.8. The molecule has 0 aliphatic rings. The average molecular weight is 1790 g/mol. The molecule has 0 unspecified atom stereocenters. The molecule has 0 saturated carbocycles. The van der Waals surface area contributed by atoms with Crippen molar-refractivity contribution in [2.75, 3.05) is 33.2 Å². The van der Waals surface area contributed by atoms with E-state index in [2.05, 4.69) is 230 Å². The Morgan fingerprint density at radius 2 is 0.585 bits per heavy atom. The van der Waals surface area contributed by atoms with Crippen LogP contribution in [0, 0.1) is 135 Å². The Bertz CT molecular complexity index is 6080. The summed E-state index contributed by atoms with van der Waals surface area (Å²) in [6.45, 7) is 23.7. The van der Waals surface area contributed by atoms with Crippen molar-refractivity contribution in [2.45, 2.75) is 97.9 Å². The van der Waals surface area contributed by atoms with E-state index in [1.54, 1.807) is 74.5 Å². The molecule has 0 spiro atoms. The minimum absolute atomic E-state index is 0.386. The summed E-state index contributed by atoms with van der Waals surface area (Å²) in [5.74, 6) is 2.50. The number of nitriles is 7. The van der Waals surface area contributed by atoms with Crippen LogP contribution >= 0.6 is 31.9 Å². The number of halogens is 2. The van der Waals surface area contributed by atoms with Gasteiger partial charge in [0.25, 0.3) is 0 Å². The van der Waals surface area contributed by atoms with Gasteiger partial charge in [-0.3, -0.25) is 0 Å². The van der Waals surface area contributed by atoms with Crippen molar-refractivity contribution in [3.05, 3.63) is 291 Å². The van der Waals surface area contributed by atoms with Crippen LogP contribution in [0.2, 0.25) is 14.8 Å². The fraction of sp³-hybridized carbons (Fsp3) is 0.156. The quantitative estimate of drug-likeness (QED) is 0.0461. The molecule has 3 aromatic heterocycles. The molecule has 9 N–H and O–H groups in total. The zero-order valence-corrected chi connectivity index (χ0v) is 74.4. The van der Waals surface area contributed by atoms with E-state index in [1.807, 2.05) is 98.8 Å². The van der Waals surface area contributed by atoms with Gasteiger partial charge in [-0.1, -0.05) is 105 Å². The first-order valence-corrected chi connectivity index (χ1v) is 48.9. The SMILES string of the molecule is C/C(C#N)=C/c1cc(C)c(-c2cccc3c(N)nc(Nc4ccc(C#N)cc4)nc23)c(C)c1.C/C(C#N)=C/c1cc(C)c(Br)c(C)c1.C/C(C#N)=C\c1cc(C)c(-c2cccc3c(N)nc(Nc4ccc(C#N)cc4)nc23)c(C)c1.C/C(C#N)=C\c1cc(C)c(Br)c(C)c1.[CH3][Sn]([CH3])([CH3])[c]1cccc2c(N)nc(Nc3ccc(C#N)cc3)nc12. The number of benzene rings is 10. The average Bonchev–Trinajstić information content (AvgIpc) is 0.775. The zero-order chi connectivity index (χ0) is 85.8. The molecule has 10 aromatic carbocycles. The van der Waals surface area contributed by atoms with Crippen LogP contribution in [0.3, 0.4) is 0 Å². The van der Waals surface area contributed by atoms with Gasteiger partial charge in [-0.15, -0.1) is 0 Å². The first kappa shape index (κ1) is 88.1. The van der Waals surface area contributed by atoms with Crippen LogP contribution in [0.5, 0.6) is 0 Å². The van der Waals surface area contributed by atoms with Crippen LogP contribution in [0.1, 0.15) is 111 Å². The molecule has 0 fully saturated rings. The van der Waals surface area contributed by atoms with E-state index in [-0.39, 0.29) is 0 Å². The summed E-state index contributed by atoms with van der Waals surface area (Å²) >= 11 is 4.69. The number of fused-ring (bicyclic) bond motifs is 3. The summed E-state index contributed by atoms with van der Waals surface area (Å²) in [7, 11) is 0. The van der Waals surface area contributed by atoms with Gasteiger partial charge < -0.3 is 22.1 Å². The maximum absolute atomic E-state index is 9.11. The van der Waals surface area contributed by atoms with Crippen LogP contribution in [-0.2, 0) is 0 Å². The third-order valence-corrected chi connectivity index (χ3v) is 27.0. The summed E-state index contributed by atoms with van der Waals surface area (Å²) in [5.41, 5.74) is 45.5. The summed E-state index contributed by atoms with van der Waals surface area (Å²) in [6.07, 6.45) is 7.55. The Morgan fingerprint density at radius 3 is 0.839 bits per heavy atom. The van der Waals surface area contributed by atoms with Gasteiger partial charge in [-0.2, -0.15) is 41.5 Å². The van der Waals surface area contributed by atoms with Gasteiger partial charge in [0.1, 0.15) is 11.6 Å². The van der Waals surface area contributed by atoms with Crippen molar-refractivity contribution in [3.8, 4) is 64.7 Å². The number of nitrogens with two attached hydrogens (primary N) is 3. The van der Waals surface area contributed by atoms with E-state index in [0.717, 1.165) is 137 Å². The third kappa shape index (κ3) is 22.8. The molecule has 0 amide bonds. The molecule has 22 heteroatoms. The van der Waals surface area contributed by atoms with Crippen LogP contribution < -0.4 is 36.7 Å². The molecule has 19 nitrogen and oxygen atoms in total. The summed E-state index contributed by atoms with van der Waals surface area (Å²) in [6, 6.07) is 70.7. The Balaban J connectivity index is 0.000000176. The number of nitrogens with zero attached hydrogens (tertiary/aromatic N) is 13. The first-order valence-electron chi connectivity index (χ1n) is 37.4. The number of nitrogen functional groups attached to an aromatic ring is 3. The standard InChI is InChI=1S/2C27H22N6.C15H10N5.2C12H12BrN.3CH3.Sn/c2*1-16(14-28)11-20-12-17(2)24(18(3)13-20)22-5-4-6-23-25(22)32-27(33-26(23)30)31-21-9-7-19(15-29)8-10-21;16-9-10-5-7-11(8-6-10)18-15-19-13-4-2-1-3-12(13)14(17)20-15;2*1-8(7-14)4-11-5-9(2)12(13)10(3)6-11;;;;/h2*4-13H,1-3H3,(H3,30,31,32,33);1-3,5-8H,(H3,17,18,19,20);2*4-6H,1-3H3;3*1H3;/b16-11+;16-11-;;8-4+;8-4-;;;;. The molecule has 3 heterocycles. The molecule has 118 heavy (non-hydrogen) atoms. The molecule has 0 aliphatic carbocycles. The van der Waals surface area contributed by atoms with Gasteiger partial charge in [0, 0.05) is 64.5 Å². The predicted molar refractivity (Wildman–Crippen MR) is 492 cm³/mol. The molecule has 0 saturated heterocycles. The number of hydrogen-bond acceptors (Lipinski definition) is 19. The fourth-order valence-corrected chi connectivity index (χ4v) is 18.0. The van der Waals surface area contributed by atoms with E-state index in [0.29, 0.717) is 63.1 Å². The molecular weight excluding hydrogens is 1700 g/mol. The number of hydrogen-bond donors (Lipinski definition) is 6. The number of nitrogens with one attached hydrogen (secondary N) is 3. The van der Waals surface area contributed by atoms with E-state index in [4.69, 9.17) is 69.0 Å². The number of rotatable bonds is 13. The zero-order valence-electron chi connectivity index (χ0n) is 68.4. The van der Waals surface area contributed by atoms with E-state index in [9.17, 15) is 0 Å². The maximum atomic E-state index is 9.11. The molecule has 13 rings (SSSR count). The van der Waals surface area contributed by atoms with Gasteiger partial charge in [0.05, 0.1) is 58.6 Å². The fourth-order valence-electron chi connectivity index (χ4n) is 13.2. The second-order valence-corrected chi connectivity index (χ2v) is 45.3. The molecule has 0 radical (unpaired) electrons. The second-order valence-electron chi connectivity index (χ2n) is 29.3. The summed E-state index contributed by atoms with van der Waals surface area (Å²) < 4.78 is 3.62. The normalized spacial score (nSPS) is 11.2. The molecule has 13 aromatic rings. The summed E-state index contributed by atoms with van der Waals surface area (Å²) in [5, 5.41) is 74.4. The Kier molecular flexibility index (Phi) is 29.8. The molecule has 584 valence electrons. The molecule has 0 bridgehead atoms. The van der Waals surface area contributed by atoms with E-state index < -0.39 is 18.4 Å². The van der Waals surface area contributed by atoms with Crippen LogP contribution in [0.15, 0.2) is 207 Å². The van der Waals surface area contributed by atoms with Crippen molar-refractivity contribution in [3.63, 3.8) is 0 Å². The van der Waals surface area contributed by atoms with Crippen LogP contribution in [0.25, 0.3) is 79.3 Å². The first-order chi connectivity index (χ1) is 56.2. The number of aromatic nitrogens is 6. The monoisotopic (exact) mass is 1780 g/mol. The van der Waals surface area contributed by atoms with Crippen molar-refractivity contribution >= 4 is 163 Å². The van der Waals surface area contributed by atoms with Crippen LogP contribution in [-0.4, -0.2) is 48.3 Å². The predicted octanol–water partition coefficient (Wildman–Crippen LogP) is 23.4. The van der Waals surface area contributed by atoms with Crippen molar-refractivity contribution in [1.82, 2.24) is 29.9 Å². The Labute approximate surface area is 710 Å². The van der Waals surface area contributed by atoms with Crippen LogP contribution in [0.4, 0.5) is 52.4 Å². The molecular formula is C96H87Br2N19Sn. The third-order valence-electron chi connectivity index (χ3n) is 18.7. The van der Waals surface area contributed by atoms with Gasteiger partial charge in [0.2, 0.25) is 11.9 Å². The number of aryl methyl sites for hydroxylation is 8. The van der Waals surface area contributed by atoms with Crippen molar-refractivity contribution in [1.29, 1.82) is 36.8 Å². The van der Waals surface area contributed by atoms with Crippen molar-refractivity contribution < 1.29 is 0 Å². The topological polar surface area (TPSA) is 358 Å². The van der Waals surface area contributed by atoms with E-state index >= 15 is 0 Å². The van der Waals surface area contributed by atoms with Crippen molar-refractivity contribution in [2.24, 2.45) is 0 Å². The van der Waals surface area contributed by atoms with Gasteiger partial charge in [-0.05, 0) is 246 Å².